The fraction of sp³-hybridized carbons (Fsp3) is 0.350. The number of carbonyl (C=O) groups is 1. The molecule has 1 amide bonds. The standard InChI is InChI=1S/C20H23NO4S/c22-20(21-17-9-5-6-10-17)15-26(23,24)14-16-8-4-7-13-19(16)25-18-11-2-1-3-12-18/h1-4,7-8,11-13,17H,5-6,9-10,14-15H2,(H,21,22). The molecule has 0 saturated heterocycles. The lowest BCUT2D eigenvalue weighted by Gasteiger charge is -2.13. The van der Waals surface area contributed by atoms with Crippen molar-refractivity contribution >= 4 is 15.7 Å². The van der Waals surface area contributed by atoms with E-state index >= 15 is 0 Å². The van der Waals surface area contributed by atoms with Gasteiger partial charge in [-0.05, 0) is 31.0 Å². The predicted octanol–water partition coefficient (Wildman–Crippen LogP) is 3.45. The summed E-state index contributed by atoms with van der Waals surface area (Å²) in [5.74, 6) is -0.0229. The maximum atomic E-state index is 12.5. The van der Waals surface area contributed by atoms with Crippen molar-refractivity contribution in [1.29, 1.82) is 0 Å². The highest BCUT2D eigenvalue weighted by molar-refractivity contribution is 7.91. The summed E-state index contributed by atoms with van der Waals surface area (Å²) in [4.78, 5) is 12.1. The summed E-state index contributed by atoms with van der Waals surface area (Å²) >= 11 is 0. The topological polar surface area (TPSA) is 72.5 Å². The van der Waals surface area contributed by atoms with Gasteiger partial charge in [-0.2, -0.15) is 0 Å². The second kappa shape index (κ2) is 8.36. The van der Waals surface area contributed by atoms with E-state index < -0.39 is 21.5 Å². The van der Waals surface area contributed by atoms with Crippen molar-refractivity contribution in [3.63, 3.8) is 0 Å². The molecule has 2 aromatic rings. The van der Waals surface area contributed by atoms with Crippen LogP contribution in [0.15, 0.2) is 54.6 Å². The molecular formula is C20H23NO4S. The van der Waals surface area contributed by atoms with E-state index in [1.165, 1.54) is 0 Å². The monoisotopic (exact) mass is 373 g/mol. The van der Waals surface area contributed by atoms with Crippen LogP contribution in [0.25, 0.3) is 0 Å². The minimum absolute atomic E-state index is 0.117. The second-order valence-corrected chi connectivity index (χ2v) is 8.67. The van der Waals surface area contributed by atoms with Gasteiger partial charge in [0.05, 0.1) is 5.75 Å². The molecule has 1 aliphatic carbocycles. The highest BCUT2D eigenvalue weighted by Crippen LogP contribution is 2.26. The van der Waals surface area contributed by atoms with Gasteiger partial charge in [0.15, 0.2) is 9.84 Å². The Morgan fingerprint density at radius 1 is 1.00 bits per heavy atom. The fourth-order valence-electron chi connectivity index (χ4n) is 3.17. The van der Waals surface area contributed by atoms with Gasteiger partial charge in [0, 0.05) is 11.6 Å². The first-order valence-electron chi connectivity index (χ1n) is 8.82. The zero-order valence-electron chi connectivity index (χ0n) is 14.6. The molecule has 6 heteroatoms. The zero-order chi connectivity index (χ0) is 18.4. The predicted molar refractivity (Wildman–Crippen MR) is 101 cm³/mol. The molecule has 0 unspecified atom stereocenters. The van der Waals surface area contributed by atoms with Crippen LogP contribution < -0.4 is 10.1 Å². The lowest BCUT2D eigenvalue weighted by atomic mass is 10.2. The van der Waals surface area contributed by atoms with Crippen LogP contribution in [0, 0.1) is 0 Å². The Balaban J connectivity index is 1.66. The van der Waals surface area contributed by atoms with Gasteiger partial charge in [-0.3, -0.25) is 4.79 Å². The molecule has 0 aliphatic heterocycles. The van der Waals surface area contributed by atoms with Crippen LogP contribution in [0.2, 0.25) is 0 Å². The van der Waals surface area contributed by atoms with Gasteiger partial charge in [0.25, 0.3) is 0 Å². The van der Waals surface area contributed by atoms with Gasteiger partial charge < -0.3 is 10.1 Å². The number of hydrogen-bond donors (Lipinski definition) is 1. The van der Waals surface area contributed by atoms with Crippen molar-refractivity contribution in [3.05, 3.63) is 60.2 Å². The van der Waals surface area contributed by atoms with Crippen molar-refractivity contribution in [3.8, 4) is 11.5 Å². The second-order valence-electron chi connectivity index (χ2n) is 6.60. The van der Waals surface area contributed by atoms with E-state index in [1.54, 1.807) is 36.4 Å². The highest BCUT2D eigenvalue weighted by Gasteiger charge is 2.23. The highest BCUT2D eigenvalue weighted by atomic mass is 32.2. The Morgan fingerprint density at radius 2 is 1.65 bits per heavy atom. The molecule has 0 bridgehead atoms. The smallest absolute Gasteiger partial charge is 0.235 e. The minimum Gasteiger partial charge on any atom is -0.457 e. The summed E-state index contributed by atoms with van der Waals surface area (Å²) < 4.78 is 30.7. The number of nitrogens with one attached hydrogen (secondary N) is 1. The number of amides is 1. The van der Waals surface area contributed by atoms with E-state index in [0.29, 0.717) is 17.1 Å². The molecular weight excluding hydrogens is 350 g/mol. The molecule has 2 aromatic carbocycles. The number of ether oxygens (including phenoxy) is 1. The Labute approximate surface area is 154 Å². The van der Waals surface area contributed by atoms with Gasteiger partial charge >= 0.3 is 0 Å². The van der Waals surface area contributed by atoms with E-state index in [1.807, 2.05) is 18.2 Å². The normalized spacial score (nSPS) is 14.9. The number of benzene rings is 2. The third-order valence-electron chi connectivity index (χ3n) is 4.39. The molecule has 138 valence electrons. The van der Waals surface area contributed by atoms with Gasteiger partial charge in [0.1, 0.15) is 17.3 Å². The van der Waals surface area contributed by atoms with Crippen molar-refractivity contribution < 1.29 is 17.9 Å². The van der Waals surface area contributed by atoms with Crippen LogP contribution in [-0.2, 0) is 20.4 Å². The minimum atomic E-state index is -3.58. The third-order valence-corrected chi connectivity index (χ3v) is 5.84. The van der Waals surface area contributed by atoms with Crippen molar-refractivity contribution in [2.75, 3.05) is 5.75 Å². The van der Waals surface area contributed by atoms with Gasteiger partial charge in [-0.25, -0.2) is 8.42 Å². The maximum Gasteiger partial charge on any atom is 0.235 e. The Kier molecular flexibility index (Phi) is 5.93. The van der Waals surface area contributed by atoms with Crippen molar-refractivity contribution in [2.24, 2.45) is 0 Å². The van der Waals surface area contributed by atoms with Crippen molar-refractivity contribution in [1.82, 2.24) is 5.32 Å². The van der Waals surface area contributed by atoms with Crippen LogP contribution in [0.4, 0.5) is 0 Å². The van der Waals surface area contributed by atoms with Crippen LogP contribution in [0.5, 0.6) is 11.5 Å². The quantitative estimate of drug-likeness (QED) is 0.807. The number of sulfone groups is 1. The number of carbonyl (C=O) groups excluding carboxylic acids is 1. The lowest BCUT2D eigenvalue weighted by Crippen LogP contribution is -2.37. The Morgan fingerprint density at radius 3 is 2.38 bits per heavy atom. The summed E-state index contributed by atoms with van der Waals surface area (Å²) in [6.45, 7) is 0. The number of hydrogen-bond acceptors (Lipinski definition) is 4. The molecule has 0 atom stereocenters. The maximum absolute atomic E-state index is 12.5. The lowest BCUT2D eigenvalue weighted by molar-refractivity contribution is -0.119. The summed E-state index contributed by atoms with van der Waals surface area (Å²) in [6.07, 6.45) is 4.03. The fourth-order valence-corrected chi connectivity index (χ4v) is 4.46. The first-order chi connectivity index (χ1) is 12.5. The molecule has 1 N–H and O–H groups in total. The SMILES string of the molecule is O=C(CS(=O)(=O)Cc1ccccc1Oc1ccccc1)NC1CCCC1. The Bertz CT molecular complexity index is 843. The molecule has 0 heterocycles. The van der Waals surface area contributed by atoms with Gasteiger partial charge in [-0.1, -0.05) is 49.2 Å². The summed E-state index contributed by atoms with van der Waals surface area (Å²) in [7, 11) is -3.58. The number of para-hydroxylation sites is 2. The molecule has 1 fully saturated rings. The number of rotatable bonds is 7. The first-order valence-corrected chi connectivity index (χ1v) is 10.6. The molecule has 5 nitrogen and oxygen atoms in total. The Hall–Kier alpha value is -2.34. The van der Waals surface area contributed by atoms with E-state index in [4.69, 9.17) is 4.74 Å². The molecule has 26 heavy (non-hydrogen) atoms. The molecule has 1 saturated carbocycles. The van der Waals surface area contributed by atoms with Crippen LogP contribution in [-0.4, -0.2) is 26.1 Å². The van der Waals surface area contributed by atoms with E-state index in [2.05, 4.69) is 5.32 Å². The van der Waals surface area contributed by atoms with E-state index in [9.17, 15) is 13.2 Å². The molecule has 3 rings (SSSR count). The summed E-state index contributed by atoms with van der Waals surface area (Å²) in [6, 6.07) is 16.3. The third kappa shape index (κ3) is 5.33. The first kappa shape index (κ1) is 18.5. The largest absolute Gasteiger partial charge is 0.457 e. The molecule has 1 aliphatic rings. The summed E-state index contributed by atoms with van der Waals surface area (Å²) in [5, 5.41) is 2.83. The average molecular weight is 373 g/mol. The molecule has 0 aromatic heterocycles. The molecule has 0 radical (unpaired) electrons. The van der Waals surface area contributed by atoms with E-state index in [-0.39, 0.29) is 11.8 Å². The zero-order valence-corrected chi connectivity index (χ0v) is 15.4. The average Bonchev–Trinajstić information content (AvgIpc) is 3.09. The summed E-state index contributed by atoms with van der Waals surface area (Å²) in [5.41, 5.74) is 0.546. The van der Waals surface area contributed by atoms with Crippen molar-refractivity contribution in [2.45, 2.75) is 37.5 Å². The van der Waals surface area contributed by atoms with Crippen LogP contribution >= 0.6 is 0 Å². The molecule has 0 spiro atoms. The van der Waals surface area contributed by atoms with Crippen LogP contribution in [0.3, 0.4) is 0 Å². The van der Waals surface area contributed by atoms with Crippen LogP contribution in [0.1, 0.15) is 31.2 Å². The van der Waals surface area contributed by atoms with Gasteiger partial charge in [-0.15, -0.1) is 0 Å². The van der Waals surface area contributed by atoms with E-state index in [0.717, 1.165) is 25.7 Å². The van der Waals surface area contributed by atoms with Gasteiger partial charge in [0.2, 0.25) is 5.91 Å².